The fourth-order valence-corrected chi connectivity index (χ4v) is 3.02. The van der Waals surface area contributed by atoms with Gasteiger partial charge in [0.1, 0.15) is 13.2 Å². The van der Waals surface area contributed by atoms with Crippen LogP contribution in [0.1, 0.15) is 21.7 Å². The highest BCUT2D eigenvalue weighted by molar-refractivity contribution is 6.05. The lowest BCUT2D eigenvalue weighted by Gasteiger charge is -2.19. The van der Waals surface area contributed by atoms with Gasteiger partial charge in [-0.3, -0.25) is 4.79 Å². The number of benzene rings is 2. The number of hydrogen-bond acceptors (Lipinski definition) is 4. The van der Waals surface area contributed by atoms with Crippen molar-refractivity contribution in [3.63, 3.8) is 0 Å². The molecule has 26 heavy (non-hydrogen) atoms. The molecule has 1 aromatic heterocycles. The van der Waals surface area contributed by atoms with E-state index >= 15 is 0 Å². The Hall–Kier alpha value is -3.28. The molecule has 0 saturated carbocycles. The molecule has 0 saturated heterocycles. The van der Waals surface area contributed by atoms with Crippen LogP contribution >= 0.6 is 0 Å². The predicted octanol–water partition coefficient (Wildman–Crippen LogP) is 3.51. The number of para-hydroxylation sites is 2. The fraction of sp³-hybridized carbons (Fsp3) is 0.200. The zero-order chi connectivity index (χ0) is 18.1. The number of nitrogens with zero attached hydrogens (tertiary/aromatic N) is 2. The van der Waals surface area contributed by atoms with E-state index in [1.807, 2.05) is 48.9 Å². The van der Waals surface area contributed by atoms with Gasteiger partial charge in [0.2, 0.25) is 0 Å². The number of aryl methyl sites for hydroxylation is 2. The van der Waals surface area contributed by atoms with Crippen LogP contribution in [0.15, 0.2) is 48.5 Å². The molecule has 2 aromatic carbocycles. The summed E-state index contributed by atoms with van der Waals surface area (Å²) in [5, 5.41) is 7.48. The van der Waals surface area contributed by atoms with E-state index < -0.39 is 0 Å². The molecule has 1 amide bonds. The summed E-state index contributed by atoms with van der Waals surface area (Å²) in [6, 6.07) is 14.8. The van der Waals surface area contributed by atoms with Crippen molar-refractivity contribution in [3.8, 4) is 17.2 Å². The maximum absolute atomic E-state index is 12.7. The van der Waals surface area contributed by atoms with Gasteiger partial charge in [-0.25, -0.2) is 4.68 Å². The SMILES string of the molecule is Cc1cc(C)n(-c2ccccc2NC(=O)c2ccc3c(c2)OCCO3)n1. The smallest absolute Gasteiger partial charge is 0.255 e. The van der Waals surface area contributed by atoms with Crippen LogP contribution in [0, 0.1) is 13.8 Å². The van der Waals surface area contributed by atoms with E-state index in [0.29, 0.717) is 36.0 Å². The summed E-state index contributed by atoms with van der Waals surface area (Å²) in [7, 11) is 0. The van der Waals surface area contributed by atoms with Crippen molar-refractivity contribution < 1.29 is 14.3 Å². The van der Waals surface area contributed by atoms with Crippen molar-refractivity contribution in [1.29, 1.82) is 0 Å². The number of carbonyl (C=O) groups is 1. The average molecular weight is 349 g/mol. The third-order valence-corrected chi connectivity index (χ3v) is 4.19. The van der Waals surface area contributed by atoms with Crippen LogP contribution in [0.2, 0.25) is 0 Å². The summed E-state index contributed by atoms with van der Waals surface area (Å²) in [6.07, 6.45) is 0. The van der Waals surface area contributed by atoms with E-state index in [0.717, 1.165) is 17.1 Å². The molecule has 0 unspecified atom stereocenters. The normalized spacial score (nSPS) is 12.7. The van der Waals surface area contributed by atoms with E-state index in [2.05, 4.69) is 10.4 Å². The van der Waals surface area contributed by atoms with Gasteiger partial charge in [-0.1, -0.05) is 12.1 Å². The molecule has 6 nitrogen and oxygen atoms in total. The summed E-state index contributed by atoms with van der Waals surface area (Å²) >= 11 is 0. The Labute approximate surface area is 151 Å². The number of ether oxygens (including phenoxy) is 2. The quantitative estimate of drug-likeness (QED) is 0.786. The molecular formula is C20H19N3O3. The molecule has 3 aromatic rings. The maximum atomic E-state index is 12.7. The van der Waals surface area contributed by atoms with E-state index in [9.17, 15) is 4.79 Å². The van der Waals surface area contributed by atoms with Gasteiger partial charge in [-0.05, 0) is 50.2 Å². The first-order valence-corrected chi connectivity index (χ1v) is 8.45. The van der Waals surface area contributed by atoms with Crippen molar-refractivity contribution in [2.45, 2.75) is 13.8 Å². The monoisotopic (exact) mass is 349 g/mol. The van der Waals surface area contributed by atoms with Crippen LogP contribution in [-0.4, -0.2) is 28.9 Å². The van der Waals surface area contributed by atoms with Crippen LogP contribution < -0.4 is 14.8 Å². The van der Waals surface area contributed by atoms with Gasteiger partial charge in [0.05, 0.1) is 17.1 Å². The molecule has 2 heterocycles. The molecule has 0 bridgehead atoms. The second kappa shape index (κ2) is 6.55. The summed E-state index contributed by atoms with van der Waals surface area (Å²) in [6.45, 7) is 4.94. The number of anilines is 1. The highest BCUT2D eigenvalue weighted by Crippen LogP contribution is 2.31. The van der Waals surface area contributed by atoms with Crippen molar-refractivity contribution >= 4 is 11.6 Å². The van der Waals surface area contributed by atoms with Gasteiger partial charge < -0.3 is 14.8 Å². The predicted molar refractivity (Wildman–Crippen MR) is 98.4 cm³/mol. The number of rotatable bonds is 3. The van der Waals surface area contributed by atoms with Gasteiger partial charge in [-0.2, -0.15) is 5.10 Å². The van der Waals surface area contributed by atoms with Crippen LogP contribution in [0.25, 0.3) is 5.69 Å². The molecular weight excluding hydrogens is 330 g/mol. The Morgan fingerprint density at radius 2 is 1.81 bits per heavy atom. The molecule has 0 aliphatic carbocycles. The standard InChI is InChI=1S/C20H19N3O3/c1-13-11-14(2)23(22-13)17-6-4-3-5-16(17)21-20(24)15-7-8-18-19(12-15)26-10-9-25-18/h3-8,11-12H,9-10H2,1-2H3,(H,21,24). The summed E-state index contributed by atoms with van der Waals surface area (Å²) < 4.78 is 12.9. The lowest BCUT2D eigenvalue weighted by molar-refractivity contribution is 0.102. The van der Waals surface area contributed by atoms with E-state index in [-0.39, 0.29) is 5.91 Å². The first-order valence-electron chi connectivity index (χ1n) is 8.45. The van der Waals surface area contributed by atoms with E-state index in [4.69, 9.17) is 9.47 Å². The topological polar surface area (TPSA) is 65.4 Å². The highest BCUT2D eigenvalue weighted by atomic mass is 16.6. The number of carbonyl (C=O) groups excluding carboxylic acids is 1. The minimum atomic E-state index is -0.212. The number of amides is 1. The molecule has 1 N–H and O–H groups in total. The van der Waals surface area contributed by atoms with Gasteiger partial charge in [0.25, 0.3) is 5.91 Å². The first-order chi connectivity index (χ1) is 12.6. The first kappa shape index (κ1) is 16.2. The molecule has 0 spiro atoms. The molecule has 0 atom stereocenters. The van der Waals surface area contributed by atoms with E-state index in [1.54, 1.807) is 18.2 Å². The second-order valence-corrected chi connectivity index (χ2v) is 6.17. The third kappa shape index (κ3) is 3.01. The van der Waals surface area contributed by atoms with Crippen LogP contribution in [0.3, 0.4) is 0 Å². The van der Waals surface area contributed by atoms with Crippen molar-refractivity contribution in [1.82, 2.24) is 9.78 Å². The molecule has 1 aliphatic heterocycles. The van der Waals surface area contributed by atoms with Crippen LogP contribution in [0.4, 0.5) is 5.69 Å². The van der Waals surface area contributed by atoms with Gasteiger partial charge in [0.15, 0.2) is 11.5 Å². The van der Waals surface area contributed by atoms with Crippen molar-refractivity contribution in [3.05, 3.63) is 65.5 Å². The zero-order valence-electron chi connectivity index (χ0n) is 14.7. The number of hydrogen-bond donors (Lipinski definition) is 1. The lowest BCUT2D eigenvalue weighted by atomic mass is 10.1. The largest absolute Gasteiger partial charge is 0.486 e. The van der Waals surface area contributed by atoms with Gasteiger partial charge in [-0.15, -0.1) is 0 Å². The Bertz CT molecular complexity index is 978. The highest BCUT2D eigenvalue weighted by Gasteiger charge is 2.16. The minimum absolute atomic E-state index is 0.212. The molecule has 0 radical (unpaired) electrons. The number of nitrogens with one attached hydrogen (secondary N) is 1. The lowest BCUT2D eigenvalue weighted by Crippen LogP contribution is -2.18. The fourth-order valence-electron chi connectivity index (χ4n) is 3.02. The molecule has 132 valence electrons. The van der Waals surface area contributed by atoms with Gasteiger partial charge >= 0.3 is 0 Å². The third-order valence-electron chi connectivity index (χ3n) is 4.19. The Morgan fingerprint density at radius 1 is 1.04 bits per heavy atom. The summed E-state index contributed by atoms with van der Waals surface area (Å²) in [4.78, 5) is 12.7. The average Bonchev–Trinajstić information content (AvgIpc) is 2.99. The Balaban J connectivity index is 1.64. The molecule has 1 aliphatic rings. The van der Waals surface area contributed by atoms with Crippen molar-refractivity contribution in [2.75, 3.05) is 18.5 Å². The molecule has 4 rings (SSSR count). The number of fused-ring (bicyclic) bond motifs is 1. The van der Waals surface area contributed by atoms with E-state index in [1.165, 1.54) is 0 Å². The second-order valence-electron chi connectivity index (χ2n) is 6.17. The Kier molecular flexibility index (Phi) is 4.08. The molecule has 0 fully saturated rings. The summed E-state index contributed by atoms with van der Waals surface area (Å²) in [5.74, 6) is 1.04. The minimum Gasteiger partial charge on any atom is -0.486 e. The van der Waals surface area contributed by atoms with Gasteiger partial charge in [0, 0.05) is 11.3 Å². The van der Waals surface area contributed by atoms with Crippen LogP contribution in [0.5, 0.6) is 11.5 Å². The summed E-state index contributed by atoms with van der Waals surface area (Å²) in [5.41, 5.74) is 3.96. The van der Waals surface area contributed by atoms with Crippen LogP contribution in [-0.2, 0) is 0 Å². The van der Waals surface area contributed by atoms with Crippen molar-refractivity contribution in [2.24, 2.45) is 0 Å². The molecule has 6 heteroatoms. The zero-order valence-corrected chi connectivity index (χ0v) is 14.7. The Morgan fingerprint density at radius 3 is 2.58 bits per heavy atom. The maximum Gasteiger partial charge on any atom is 0.255 e. The number of aromatic nitrogens is 2.